The van der Waals surface area contributed by atoms with Crippen molar-refractivity contribution in [3.63, 3.8) is 0 Å². The zero-order chi connectivity index (χ0) is 14.8. The first-order valence-electron chi connectivity index (χ1n) is 5.91. The molecule has 0 saturated carbocycles. The lowest BCUT2D eigenvalue weighted by molar-refractivity contribution is 0.0992. The SMILES string of the molecule is COc1ccc(-c2nc(-c3conc3C(N)=O)no2)cc1. The molecule has 1 aromatic carbocycles. The van der Waals surface area contributed by atoms with Crippen LogP contribution in [0.15, 0.2) is 39.6 Å². The molecule has 0 radical (unpaired) electrons. The van der Waals surface area contributed by atoms with E-state index in [-0.39, 0.29) is 17.1 Å². The molecular formula is C13H10N4O4. The first-order valence-corrected chi connectivity index (χ1v) is 5.91. The van der Waals surface area contributed by atoms with Gasteiger partial charge < -0.3 is 19.5 Å². The number of aromatic nitrogens is 3. The number of carbonyl (C=O) groups excluding carboxylic acids is 1. The van der Waals surface area contributed by atoms with Gasteiger partial charge in [0.25, 0.3) is 11.8 Å². The Morgan fingerprint density at radius 1 is 1.24 bits per heavy atom. The molecule has 0 bridgehead atoms. The highest BCUT2D eigenvalue weighted by molar-refractivity contribution is 5.96. The van der Waals surface area contributed by atoms with Crippen molar-refractivity contribution in [1.29, 1.82) is 0 Å². The van der Waals surface area contributed by atoms with E-state index in [4.69, 9.17) is 19.5 Å². The fourth-order valence-electron chi connectivity index (χ4n) is 1.76. The first-order chi connectivity index (χ1) is 10.2. The van der Waals surface area contributed by atoms with Crippen molar-refractivity contribution in [2.24, 2.45) is 5.73 Å². The maximum Gasteiger partial charge on any atom is 0.271 e. The molecule has 8 nitrogen and oxygen atoms in total. The normalized spacial score (nSPS) is 10.5. The molecule has 106 valence electrons. The number of nitrogens with two attached hydrogens (primary N) is 1. The van der Waals surface area contributed by atoms with Crippen molar-refractivity contribution in [3.8, 4) is 28.6 Å². The van der Waals surface area contributed by atoms with Gasteiger partial charge in [0.1, 0.15) is 12.0 Å². The molecule has 2 aromatic heterocycles. The molecule has 0 aliphatic carbocycles. The van der Waals surface area contributed by atoms with Crippen LogP contribution in [0, 0.1) is 0 Å². The van der Waals surface area contributed by atoms with Gasteiger partial charge in [-0.25, -0.2) is 0 Å². The minimum atomic E-state index is -0.727. The second-order valence-electron chi connectivity index (χ2n) is 4.09. The lowest BCUT2D eigenvalue weighted by Crippen LogP contribution is -2.12. The first kappa shape index (κ1) is 12.9. The highest BCUT2D eigenvalue weighted by atomic mass is 16.5. The number of rotatable bonds is 4. The number of amides is 1. The molecule has 2 N–H and O–H groups in total. The summed E-state index contributed by atoms with van der Waals surface area (Å²) in [5.74, 6) is 0.461. The molecule has 0 aliphatic heterocycles. The molecule has 0 aliphatic rings. The Kier molecular flexibility index (Phi) is 3.11. The average molecular weight is 286 g/mol. The Hall–Kier alpha value is -3.16. The minimum Gasteiger partial charge on any atom is -0.497 e. The third-order valence-corrected chi connectivity index (χ3v) is 2.81. The number of hydrogen-bond acceptors (Lipinski definition) is 7. The molecule has 21 heavy (non-hydrogen) atoms. The Balaban J connectivity index is 1.95. The summed E-state index contributed by atoms with van der Waals surface area (Å²) in [7, 11) is 1.58. The van der Waals surface area contributed by atoms with Crippen molar-refractivity contribution in [2.75, 3.05) is 7.11 Å². The number of benzene rings is 1. The molecule has 8 heteroatoms. The summed E-state index contributed by atoms with van der Waals surface area (Å²) < 4.78 is 14.9. The minimum absolute atomic E-state index is 0.0444. The fraction of sp³-hybridized carbons (Fsp3) is 0.0769. The monoisotopic (exact) mass is 286 g/mol. The third kappa shape index (κ3) is 2.34. The van der Waals surface area contributed by atoms with Gasteiger partial charge in [0, 0.05) is 5.56 Å². The number of methoxy groups -OCH3 is 1. The molecule has 0 atom stereocenters. The van der Waals surface area contributed by atoms with E-state index < -0.39 is 5.91 Å². The van der Waals surface area contributed by atoms with Gasteiger partial charge in [-0.05, 0) is 24.3 Å². The van der Waals surface area contributed by atoms with Crippen LogP contribution in [-0.4, -0.2) is 28.3 Å². The predicted octanol–water partition coefficient (Wildman–Crippen LogP) is 1.50. The van der Waals surface area contributed by atoms with Crippen molar-refractivity contribution in [1.82, 2.24) is 15.3 Å². The second-order valence-corrected chi connectivity index (χ2v) is 4.09. The molecule has 0 saturated heterocycles. The zero-order valence-corrected chi connectivity index (χ0v) is 10.9. The third-order valence-electron chi connectivity index (χ3n) is 2.81. The van der Waals surface area contributed by atoms with Crippen molar-refractivity contribution < 1.29 is 18.6 Å². The summed E-state index contributed by atoms with van der Waals surface area (Å²) in [6.45, 7) is 0. The molecule has 2 heterocycles. The number of nitrogens with zero attached hydrogens (tertiary/aromatic N) is 3. The van der Waals surface area contributed by atoms with Gasteiger partial charge >= 0.3 is 0 Å². The second kappa shape index (κ2) is 5.08. The van der Waals surface area contributed by atoms with Crippen LogP contribution in [0.5, 0.6) is 5.75 Å². The maximum atomic E-state index is 11.2. The van der Waals surface area contributed by atoms with E-state index in [1.807, 2.05) is 0 Å². The van der Waals surface area contributed by atoms with Crippen LogP contribution in [0.1, 0.15) is 10.5 Å². The largest absolute Gasteiger partial charge is 0.497 e. The van der Waals surface area contributed by atoms with Crippen LogP contribution in [0.2, 0.25) is 0 Å². The summed E-state index contributed by atoms with van der Waals surface area (Å²) >= 11 is 0. The summed E-state index contributed by atoms with van der Waals surface area (Å²) in [5.41, 5.74) is 6.14. The highest BCUT2D eigenvalue weighted by Crippen LogP contribution is 2.25. The van der Waals surface area contributed by atoms with Crippen LogP contribution in [0.4, 0.5) is 0 Å². The van der Waals surface area contributed by atoms with Crippen LogP contribution < -0.4 is 10.5 Å². The lowest BCUT2D eigenvalue weighted by atomic mass is 10.2. The molecule has 3 aromatic rings. The zero-order valence-electron chi connectivity index (χ0n) is 10.9. The number of primary amides is 1. The molecule has 0 fully saturated rings. The Labute approximate surface area is 118 Å². The van der Waals surface area contributed by atoms with E-state index >= 15 is 0 Å². The molecule has 0 spiro atoms. The summed E-state index contributed by atoms with van der Waals surface area (Å²) in [6.07, 6.45) is 1.24. The molecule has 1 amide bonds. The van der Waals surface area contributed by atoms with Gasteiger partial charge in [0.2, 0.25) is 5.82 Å². The van der Waals surface area contributed by atoms with Crippen LogP contribution in [-0.2, 0) is 0 Å². The van der Waals surface area contributed by atoms with Crippen molar-refractivity contribution in [3.05, 3.63) is 36.2 Å². The van der Waals surface area contributed by atoms with Gasteiger partial charge in [-0.1, -0.05) is 10.3 Å². The predicted molar refractivity (Wildman–Crippen MR) is 70.3 cm³/mol. The van der Waals surface area contributed by atoms with E-state index in [2.05, 4.69) is 15.3 Å². The number of hydrogen-bond donors (Lipinski definition) is 1. The topological polar surface area (TPSA) is 117 Å². The smallest absolute Gasteiger partial charge is 0.271 e. The number of ether oxygens (including phenoxy) is 1. The average Bonchev–Trinajstić information content (AvgIpc) is 3.16. The standard InChI is InChI=1S/C13H10N4O4/c1-19-8-4-2-7(3-5-8)13-15-12(17-21-13)9-6-20-16-10(9)11(14)18/h2-6H,1H3,(H2,14,18). The quantitative estimate of drug-likeness (QED) is 0.772. The van der Waals surface area contributed by atoms with Crippen LogP contribution >= 0.6 is 0 Å². The molecular weight excluding hydrogens is 276 g/mol. The lowest BCUT2D eigenvalue weighted by Gasteiger charge is -1.98. The van der Waals surface area contributed by atoms with Gasteiger partial charge in [-0.2, -0.15) is 4.98 Å². The van der Waals surface area contributed by atoms with E-state index in [1.54, 1.807) is 31.4 Å². The van der Waals surface area contributed by atoms with Gasteiger partial charge in [0.05, 0.1) is 12.7 Å². The van der Waals surface area contributed by atoms with E-state index in [9.17, 15) is 4.79 Å². The van der Waals surface area contributed by atoms with E-state index in [1.165, 1.54) is 6.26 Å². The fourth-order valence-corrected chi connectivity index (χ4v) is 1.76. The number of carbonyl (C=O) groups is 1. The van der Waals surface area contributed by atoms with Gasteiger partial charge in [-0.15, -0.1) is 0 Å². The van der Waals surface area contributed by atoms with Gasteiger partial charge in [0.15, 0.2) is 5.69 Å². The Bertz CT molecular complexity index is 776. The molecule has 3 rings (SSSR count). The van der Waals surface area contributed by atoms with Crippen molar-refractivity contribution >= 4 is 5.91 Å². The summed E-state index contributed by atoms with van der Waals surface area (Å²) in [4.78, 5) is 15.4. The Morgan fingerprint density at radius 2 is 2.00 bits per heavy atom. The van der Waals surface area contributed by atoms with Crippen LogP contribution in [0.25, 0.3) is 22.8 Å². The highest BCUT2D eigenvalue weighted by Gasteiger charge is 2.20. The summed E-state index contributed by atoms with van der Waals surface area (Å²) in [6, 6.07) is 7.10. The maximum absolute atomic E-state index is 11.2. The van der Waals surface area contributed by atoms with E-state index in [0.29, 0.717) is 17.2 Å². The van der Waals surface area contributed by atoms with E-state index in [0.717, 1.165) is 0 Å². The van der Waals surface area contributed by atoms with Gasteiger partial charge in [-0.3, -0.25) is 4.79 Å². The van der Waals surface area contributed by atoms with Crippen LogP contribution in [0.3, 0.4) is 0 Å². The Morgan fingerprint density at radius 3 is 2.67 bits per heavy atom. The molecule has 0 unspecified atom stereocenters. The summed E-state index contributed by atoms with van der Waals surface area (Å²) in [5, 5.41) is 7.30. The van der Waals surface area contributed by atoms with Crippen molar-refractivity contribution in [2.45, 2.75) is 0 Å².